The number of hydrogen-bond acceptors (Lipinski definition) is 0. The van der Waals surface area contributed by atoms with E-state index in [1.54, 1.807) is 0 Å². The molecule has 0 saturated heterocycles. The van der Waals surface area contributed by atoms with Gasteiger partial charge in [0.25, 0.3) is 0 Å². The Morgan fingerprint density at radius 2 is 1.92 bits per heavy atom. The lowest BCUT2D eigenvalue weighted by molar-refractivity contribution is 0.524. The summed E-state index contributed by atoms with van der Waals surface area (Å²) in [7, 11) is 0. The molecule has 0 atom stereocenters. The van der Waals surface area contributed by atoms with Gasteiger partial charge in [-0.2, -0.15) is 0 Å². The molecule has 0 amide bonds. The van der Waals surface area contributed by atoms with E-state index in [4.69, 9.17) is 0 Å². The van der Waals surface area contributed by atoms with E-state index in [1.807, 2.05) is 0 Å². The quantitative estimate of drug-likeness (QED) is 0.648. The zero-order valence-corrected chi connectivity index (χ0v) is 8.54. The average Bonchev–Trinajstić information content (AvgIpc) is 2.34. The Morgan fingerprint density at radius 3 is 2.33 bits per heavy atom. The molecule has 0 bridgehead atoms. The standard InChI is InChI=1S/C11H19N/c1-9(2)7-12-6-5-11(8-12)10(3)4/h5-6,8-10H,7H2,1-4H3. The Labute approximate surface area is 75.4 Å². The van der Waals surface area contributed by atoms with Gasteiger partial charge in [-0.1, -0.05) is 27.7 Å². The van der Waals surface area contributed by atoms with Crippen LogP contribution in [-0.4, -0.2) is 4.57 Å². The maximum absolute atomic E-state index is 2.28. The normalized spacial score (nSPS) is 11.5. The van der Waals surface area contributed by atoms with Gasteiger partial charge in [-0.05, 0) is 23.5 Å². The first-order valence-electron chi connectivity index (χ1n) is 4.75. The van der Waals surface area contributed by atoms with E-state index in [0.717, 1.165) is 12.5 Å². The lowest BCUT2D eigenvalue weighted by atomic mass is 10.1. The van der Waals surface area contributed by atoms with Crippen LogP contribution in [0.3, 0.4) is 0 Å². The Hall–Kier alpha value is -0.720. The topological polar surface area (TPSA) is 4.93 Å². The van der Waals surface area contributed by atoms with Crippen molar-refractivity contribution in [1.29, 1.82) is 0 Å². The molecule has 0 saturated carbocycles. The molecule has 68 valence electrons. The highest BCUT2D eigenvalue weighted by Gasteiger charge is 2.01. The van der Waals surface area contributed by atoms with E-state index < -0.39 is 0 Å². The van der Waals surface area contributed by atoms with Gasteiger partial charge in [-0.25, -0.2) is 0 Å². The molecular weight excluding hydrogens is 146 g/mol. The highest BCUT2D eigenvalue weighted by atomic mass is 14.9. The summed E-state index contributed by atoms with van der Waals surface area (Å²) in [6.07, 6.45) is 4.43. The van der Waals surface area contributed by atoms with E-state index in [9.17, 15) is 0 Å². The van der Waals surface area contributed by atoms with E-state index >= 15 is 0 Å². The van der Waals surface area contributed by atoms with Gasteiger partial charge in [0.15, 0.2) is 0 Å². The fourth-order valence-corrected chi connectivity index (χ4v) is 1.34. The molecule has 1 aromatic heterocycles. The van der Waals surface area contributed by atoms with Gasteiger partial charge < -0.3 is 4.57 Å². The second kappa shape index (κ2) is 3.79. The van der Waals surface area contributed by atoms with Crippen molar-refractivity contribution in [2.24, 2.45) is 5.92 Å². The van der Waals surface area contributed by atoms with Gasteiger partial charge in [0.1, 0.15) is 0 Å². The molecule has 0 aliphatic heterocycles. The van der Waals surface area contributed by atoms with Crippen molar-refractivity contribution >= 4 is 0 Å². The Morgan fingerprint density at radius 1 is 1.25 bits per heavy atom. The van der Waals surface area contributed by atoms with Gasteiger partial charge in [0, 0.05) is 18.9 Å². The van der Waals surface area contributed by atoms with Crippen LogP contribution in [0.25, 0.3) is 0 Å². The van der Waals surface area contributed by atoms with Crippen LogP contribution >= 0.6 is 0 Å². The van der Waals surface area contributed by atoms with Crippen molar-refractivity contribution in [3.63, 3.8) is 0 Å². The van der Waals surface area contributed by atoms with Crippen LogP contribution in [-0.2, 0) is 6.54 Å². The maximum atomic E-state index is 2.28. The van der Waals surface area contributed by atoms with Crippen molar-refractivity contribution in [2.45, 2.75) is 40.2 Å². The number of rotatable bonds is 3. The third-order valence-electron chi connectivity index (χ3n) is 2.02. The van der Waals surface area contributed by atoms with Gasteiger partial charge in [0.2, 0.25) is 0 Å². The smallest absolute Gasteiger partial charge is 0.0242 e. The first kappa shape index (κ1) is 9.37. The van der Waals surface area contributed by atoms with Crippen LogP contribution in [0.4, 0.5) is 0 Å². The lowest BCUT2D eigenvalue weighted by Gasteiger charge is -2.05. The SMILES string of the molecule is CC(C)Cn1ccc(C(C)C)c1. The molecule has 0 radical (unpaired) electrons. The van der Waals surface area contributed by atoms with Crippen molar-refractivity contribution in [3.05, 3.63) is 24.0 Å². The van der Waals surface area contributed by atoms with Gasteiger partial charge in [0.05, 0.1) is 0 Å². The molecule has 1 aromatic rings. The van der Waals surface area contributed by atoms with Crippen molar-refractivity contribution in [1.82, 2.24) is 4.57 Å². The number of aromatic nitrogens is 1. The van der Waals surface area contributed by atoms with Gasteiger partial charge in [-0.3, -0.25) is 0 Å². The van der Waals surface area contributed by atoms with E-state index in [1.165, 1.54) is 5.56 Å². The van der Waals surface area contributed by atoms with E-state index in [2.05, 4.69) is 50.7 Å². The van der Waals surface area contributed by atoms with Crippen LogP contribution in [0.5, 0.6) is 0 Å². The predicted octanol–water partition coefficient (Wildman–Crippen LogP) is 3.27. The molecule has 0 fully saturated rings. The van der Waals surface area contributed by atoms with E-state index in [-0.39, 0.29) is 0 Å². The van der Waals surface area contributed by atoms with Crippen molar-refractivity contribution < 1.29 is 0 Å². The Balaban J connectivity index is 2.64. The maximum Gasteiger partial charge on any atom is 0.0242 e. The van der Waals surface area contributed by atoms with Crippen LogP contribution < -0.4 is 0 Å². The highest BCUT2D eigenvalue weighted by Crippen LogP contribution is 2.14. The van der Waals surface area contributed by atoms with Crippen LogP contribution in [0.15, 0.2) is 18.5 Å². The van der Waals surface area contributed by atoms with Crippen molar-refractivity contribution in [3.8, 4) is 0 Å². The predicted molar refractivity (Wildman–Crippen MR) is 53.4 cm³/mol. The molecule has 1 heterocycles. The second-order valence-corrected chi connectivity index (χ2v) is 4.19. The minimum absolute atomic E-state index is 0.651. The summed E-state index contributed by atoms with van der Waals surface area (Å²) in [5.74, 6) is 1.39. The zero-order valence-electron chi connectivity index (χ0n) is 8.54. The summed E-state index contributed by atoms with van der Waals surface area (Å²) in [6.45, 7) is 10.1. The van der Waals surface area contributed by atoms with Gasteiger partial charge >= 0.3 is 0 Å². The summed E-state index contributed by atoms with van der Waals surface area (Å²) in [5, 5.41) is 0. The molecule has 12 heavy (non-hydrogen) atoms. The molecule has 1 rings (SSSR count). The first-order valence-corrected chi connectivity index (χ1v) is 4.75. The molecule has 0 aromatic carbocycles. The molecule has 0 unspecified atom stereocenters. The fourth-order valence-electron chi connectivity index (χ4n) is 1.34. The van der Waals surface area contributed by atoms with E-state index in [0.29, 0.717) is 5.92 Å². The molecule has 1 nitrogen and oxygen atoms in total. The molecule has 1 heteroatoms. The van der Waals surface area contributed by atoms with Crippen LogP contribution in [0, 0.1) is 5.92 Å². The molecular formula is C11H19N. The van der Waals surface area contributed by atoms with Crippen LogP contribution in [0.1, 0.15) is 39.2 Å². The molecule has 0 N–H and O–H groups in total. The van der Waals surface area contributed by atoms with Crippen molar-refractivity contribution in [2.75, 3.05) is 0 Å². The summed E-state index contributed by atoms with van der Waals surface area (Å²) in [5.41, 5.74) is 1.44. The Kier molecular flexibility index (Phi) is 2.96. The summed E-state index contributed by atoms with van der Waals surface area (Å²) in [6, 6.07) is 2.22. The molecule has 0 spiro atoms. The third-order valence-corrected chi connectivity index (χ3v) is 2.02. The number of hydrogen-bond donors (Lipinski definition) is 0. The zero-order chi connectivity index (χ0) is 9.14. The second-order valence-electron chi connectivity index (χ2n) is 4.19. The third kappa shape index (κ3) is 2.40. The largest absolute Gasteiger partial charge is 0.354 e. The summed E-state index contributed by atoms with van der Waals surface area (Å²) < 4.78 is 2.28. The highest BCUT2D eigenvalue weighted by molar-refractivity contribution is 5.14. The number of nitrogens with zero attached hydrogens (tertiary/aromatic N) is 1. The monoisotopic (exact) mass is 165 g/mol. The molecule has 0 aliphatic rings. The Bertz CT molecular complexity index is 233. The lowest BCUT2D eigenvalue weighted by Crippen LogP contribution is -2.01. The summed E-state index contributed by atoms with van der Waals surface area (Å²) >= 11 is 0. The summed E-state index contributed by atoms with van der Waals surface area (Å²) in [4.78, 5) is 0. The van der Waals surface area contributed by atoms with Crippen LogP contribution in [0.2, 0.25) is 0 Å². The first-order chi connectivity index (χ1) is 5.59. The fraction of sp³-hybridized carbons (Fsp3) is 0.636. The average molecular weight is 165 g/mol. The molecule has 0 aliphatic carbocycles. The minimum atomic E-state index is 0.651. The minimum Gasteiger partial charge on any atom is -0.354 e. The van der Waals surface area contributed by atoms with Gasteiger partial charge in [-0.15, -0.1) is 0 Å².